The Morgan fingerprint density at radius 3 is 3.05 bits per heavy atom. The summed E-state index contributed by atoms with van der Waals surface area (Å²) in [5.41, 5.74) is 0.507. The Morgan fingerprint density at radius 2 is 2.24 bits per heavy atom. The second kappa shape index (κ2) is 5.55. The Kier molecular flexibility index (Phi) is 3.60. The summed E-state index contributed by atoms with van der Waals surface area (Å²) in [6, 6.07) is 7.23. The maximum absolute atomic E-state index is 12.1. The summed E-state index contributed by atoms with van der Waals surface area (Å²) in [4.78, 5) is 33.0. The molecule has 1 N–H and O–H groups in total. The first-order valence-electron chi connectivity index (χ1n) is 7.01. The molecule has 2 heterocycles. The molecule has 1 aliphatic rings. The molecular weight excluding hydrogens is 270 g/mol. The van der Waals surface area contributed by atoms with Crippen LogP contribution in [0.1, 0.15) is 12.8 Å². The summed E-state index contributed by atoms with van der Waals surface area (Å²) < 4.78 is 4.81. The summed E-state index contributed by atoms with van der Waals surface area (Å²) in [5, 5.41) is 0.572. The zero-order valence-electron chi connectivity index (χ0n) is 11.8. The van der Waals surface area contributed by atoms with Gasteiger partial charge in [0.25, 0.3) is 5.56 Å². The van der Waals surface area contributed by atoms with Crippen molar-refractivity contribution in [2.24, 2.45) is 5.92 Å². The highest BCUT2D eigenvalue weighted by Crippen LogP contribution is 2.21. The second-order valence-electron chi connectivity index (χ2n) is 5.22. The van der Waals surface area contributed by atoms with E-state index in [-0.39, 0.29) is 17.4 Å². The summed E-state index contributed by atoms with van der Waals surface area (Å²) in [5.74, 6) is 0.149. The largest absolute Gasteiger partial charge is 0.469 e. The van der Waals surface area contributed by atoms with Gasteiger partial charge >= 0.3 is 5.97 Å². The van der Waals surface area contributed by atoms with Crippen molar-refractivity contribution in [3.05, 3.63) is 34.6 Å². The van der Waals surface area contributed by atoms with Gasteiger partial charge in [-0.2, -0.15) is 0 Å². The van der Waals surface area contributed by atoms with E-state index in [1.54, 1.807) is 6.07 Å². The number of nitrogens with one attached hydrogen (secondary N) is 1. The Hall–Kier alpha value is -2.37. The van der Waals surface area contributed by atoms with Crippen molar-refractivity contribution in [1.82, 2.24) is 9.97 Å². The van der Waals surface area contributed by atoms with Crippen molar-refractivity contribution in [1.29, 1.82) is 0 Å². The third kappa shape index (κ3) is 2.61. The minimum Gasteiger partial charge on any atom is -0.469 e. The maximum Gasteiger partial charge on any atom is 0.310 e. The molecule has 0 aliphatic carbocycles. The molecule has 1 aromatic heterocycles. The number of aromatic amines is 1. The molecule has 1 aliphatic heterocycles. The van der Waals surface area contributed by atoms with Gasteiger partial charge in [-0.3, -0.25) is 14.6 Å². The normalized spacial score (nSPS) is 18.7. The van der Waals surface area contributed by atoms with Gasteiger partial charge in [0.1, 0.15) is 0 Å². The van der Waals surface area contributed by atoms with Crippen LogP contribution < -0.4 is 10.5 Å². The number of hydrogen-bond acceptors (Lipinski definition) is 5. The Bertz CT molecular complexity index is 725. The van der Waals surface area contributed by atoms with Crippen molar-refractivity contribution in [3.63, 3.8) is 0 Å². The molecule has 0 radical (unpaired) electrons. The van der Waals surface area contributed by atoms with E-state index < -0.39 is 0 Å². The number of esters is 1. The van der Waals surface area contributed by atoms with E-state index in [1.165, 1.54) is 7.11 Å². The van der Waals surface area contributed by atoms with Gasteiger partial charge < -0.3 is 9.64 Å². The van der Waals surface area contributed by atoms with Crippen molar-refractivity contribution >= 4 is 22.8 Å². The molecule has 1 saturated heterocycles. The number of carbonyl (C=O) groups is 1. The number of piperidine rings is 1. The van der Waals surface area contributed by atoms with Crippen molar-refractivity contribution in [2.45, 2.75) is 12.8 Å². The topological polar surface area (TPSA) is 75.3 Å². The number of aromatic nitrogens is 2. The molecule has 1 atom stereocenters. The van der Waals surface area contributed by atoms with Crippen molar-refractivity contribution < 1.29 is 9.53 Å². The quantitative estimate of drug-likeness (QED) is 0.843. The molecule has 0 bridgehead atoms. The van der Waals surface area contributed by atoms with Crippen LogP contribution >= 0.6 is 0 Å². The Balaban J connectivity index is 1.93. The van der Waals surface area contributed by atoms with Crippen LogP contribution in [0.2, 0.25) is 0 Å². The first kappa shape index (κ1) is 13.6. The number of ether oxygens (including phenoxy) is 1. The number of H-pyrrole nitrogens is 1. The zero-order chi connectivity index (χ0) is 14.8. The molecule has 6 nitrogen and oxygen atoms in total. The molecule has 0 amide bonds. The van der Waals surface area contributed by atoms with Crippen LogP contribution in [0.15, 0.2) is 29.1 Å². The smallest absolute Gasteiger partial charge is 0.310 e. The van der Waals surface area contributed by atoms with E-state index in [4.69, 9.17) is 4.74 Å². The van der Waals surface area contributed by atoms with Crippen LogP contribution in [-0.4, -0.2) is 36.1 Å². The van der Waals surface area contributed by atoms with Gasteiger partial charge in [0, 0.05) is 13.1 Å². The van der Waals surface area contributed by atoms with Gasteiger partial charge in [-0.05, 0) is 25.0 Å². The van der Waals surface area contributed by atoms with E-state index in [9.17, 15) is 9.59 Å². The average molecular weight is 287 g/mol. The molecular formula is C15H17N3O3. The standard InChI is InChI=1S/C15H17N3O3/c1-21-14(20)10-5-4-8-18(9-10)15-16-12-7-3-2-6-11(12)13(19)17-15/h2-3,6-7,10H,4-5,8-9H2,1H3,(H,16,17,19)/t10-/m0/s1. The number of rotatable bonds is 2. The average Bonchev–Trinajstić information content (AvgIpc) is 2.54. The number of hydrogen-bond donors (Lipinski definition) is 1. The van der Waals surface area contributed by atoms with E-state index in [0.29, 0.717) is 23.4 Å². The minimum atomic E-state index is -0.206. The lowest BCUT2D eigenvalue weighted by atomic mass is 9.98. The van der Waals surface area contributed by atoms with Gasteiger partial charge in [0.2, 0.25) is 5.95 Å². The second-order valence-corrected chi connectivity index (χ2v) is 5.22. The van der Waals surface area contributed by atoms with Gasteiger partial charge in [0.05, 0.1) is 23.9 Å². The molecule has 6 heteroatoms. The minimum absolute atomic E-state index is 0.157. The van der Waals surface area contributed by atoms with Crippen molar-refractivity contribution in [2.75, 3.05) is 25.1 Å². The van der Waals surface area contributed by atoms with E-state index in [0.717, 1.165) is 19.4 Å². The molecule has 3 rings (SSSR count). The van der Waals surface area contributed by atoms with Crippen LogP contribution in [0.3, 0.4) is 0 Å². The number of nitrogens with zero attached hydrogens (tertiary/aromatic N) is 2. The lowest BCUT2D eigenvalue weighted by Gasteiger charge is -2.31. The summed E-state index contributed by atoms with van der Waals surface area (Å²) >= 11 is 0. The number of para-hydroxylation sites is 1. The fourth-order valence-corrected chi connectivity index (χ4v) is 2.75. The van der Waals surface area contributed by atoms with Gasteiger partial charge in [0.15, 0.2) is 0 Å². The predicted octanol–water partition coefficient (Wildman–Crippen LogP) is 1.31. The van der Waals surface area contributed by atoms with Crippen LogP contribution in [0, 0.1) is 5.92 Å². The van der Waals surface area contributed by atoms with Gasteiger partial charge in [-0.25, -0.2) is 4.98 Å². The molecule has 21 heavy (non-hydrogen) atoms. The summed E-state index contributed by atoms with van der Waals surface area (Å²) in [6.07, 6.45) is 1.68. The number of benzene rings is 1. The Labute approximate surface area is 121 Å². The molecule has 110 valence electrons. The lowest BCUT2D eigenvalue weighted by molar-refractivity contribution is -0.145. The highest BCUT2D eigenvalue weighted by molar-refractivity contribution is 5.78. The van der Waals surface area contributed by atoms with Crippen LogP contribution in [-0.2, 0) is 9.53 Å². The first-order chi connectivity index (χ1) is 10.2. The molecule has 1 fully saturated rings. The highest BCUT2D eigenvalue weighted by Gasteiger charge is 2.27. The Morgan fingerprint density at radius 1 is 1.43 bits per heavy atom. The predicted molar refractivity (Wildman–Crippen MR) is 79.3 cm³/mol. The highest BCUT2D eigenvalue weighted by atomic mass is 16.5. The molecule has 0 saturated carbocycles. The fourth-order valence-electron chi connectivity index (χ4n) is 2.75. The van der Waals surface area contributed by atoms with E-state index in [2.05, 4.69) is 9.97 Å². The summed E-state index contributed by atoms with van der Waals surface area (Å²) in [6.45, 7) is 1.29. The third-order valence-electron chi connectivity index (χ3n) is 3.86. The number of methoxy groups -OCH3 is 1. The van der Waals surface area contributed by atoms with E-state index in [1.807, 2.05) is 23.1 Å². The SMILES string of the molecule is COC(=O)[C@H]1CCCN(c2nc3ccccc3c(=O)[nH]2)C1. The van der Waals surface area contributed by atoms with Crippen LogP contribution in [0.4, 0.5) is 5.95 Å². The third-order valence-corrected chi connectivity index (χ3v) is 3.86. The summed E-state index contributed by atoms with van der Waals surface area (Å²) in [7, 11) is 1.40. The maximum atomic E-state index is 12.1. The number of carbonyl (C=O) groups excluding carboxylic acids is 1. The van der Waals surface area contributed by atoms with E-state index >= 15 is 0 Å². The molecule has 0 spiro atoms. The van der Waals surface area contributed by atoms with Crippen LogP contribution in [0.5, 0.6) is 0 Å². The number of fused-ring (bicyclic) bond motifs is 1. The fraction of sp³-hybridized carbons (Fsp3) is 0.400. The molecule has 0 unspecified atom stereocenters. The van der Waals surface area contributed by atoms with Crippen molar-refractivity contribution in [3.8, 4) is 0 Å². The zero-order valence-corrected chi connectivity index (χ0v) is 11.8. The van der Waals surface area contributed by atoms with Crippen LogP contribution in [0.25, 0.3) is 10.9 Å². The monoisotopic (exact) mass is 287 g/mol. The van der Waals surface area contributed by atoms with Gasteiger partial charge in [-0.15, -0.1) is 0 Å². The van der Waals surface area contributed by atoms with Gasteiger partial charge in [-0.1, -0.05) is 12.1 Å². The number of anilines is 1. The first-order valence-corrected chi connectivity index (χ1v) is 7.01. The molecule has 2 aromatic rings. The molecule has 1 aromatic carbocycles. The lowest BCUT2D eigenvalue weighted by Crippen LogP contribution is -2.40.